The van der Waals surface area contributed by atoms with Crippen molar-refractivity contribution in [2.75, 3.05) is 20.2 Å². The number of nitrogens with zero attached hydrogens (tertiary/aromatic N) is 1. The third-order valence-corrected chi connectivity index (χ3v) is 6.42. The summed E-state index contributed by atoms with van der Waals surface area (Å²) < 4.78 is 52.8. The van der Waals surface area contributed by atoms with Gasteiger partial charge in [-0.15, -0.1) is 13.2 Å². The maximum atomic E-state index is 13.3. The topological polar surface area (TPSA) is 92.9 Å². The summed E-state index contributed by atoms with van der Waals surface area (Å²) in [5, 5.41) is 3.66. The van der Waals surface area contributed by atoms with Gasteiger partial charge in [0.15, 0.2) is 5.72 Å². The highest BCUT2D eigenvalue weighted by Gasteiger charge is 2.44. The summed E-state index contributed by atoms with van der Waals surface area (Å²) in [4.78, 5) is 30.9. The molecule has 8 nitrogen and oxygen atoms in total. The van der Waals surface area contributed by atoms with Gasteiger partial charge in [-0.2, -0.15) is 0 Å². The van der Waals surface area contributed by atoms with Gasteiger partial charge in [0, 0.05) is 31.3 Å². The normalized spacial score (nSPS) is 17.1. The number of H-pyrrole nitrogens is 1. The molecular formula is C24H22F3N3O5. The predicted octanol–water partition coefficient (Wildman–Crippen LogP) is 4.14. The summed E-state index contributed by atoms with van der Waals surface area (Å²) in [5.41, 5.74) is 0.941. The monoisotopic (exact) mass is 489 g/mol. The lowest BCUT2D eigenvalue weighted by Crippen LogP contribution is -2.61. The first-order chi connectivity index (χ1) is 16.6. The number of rotatable bonds is 3. The van der Waals surface area contributed by atoms with Crippen molar-refractivity contribution in [2.24, 2.45) is 0 Å². The largest absolute Gasteiger partial charge is 0.573 e. The second-order valence-corrected chi connectivity index (χ2v) is 8.56. The van der Waals surface area contributed by atoms with Gasteiger partial charge in [-0.3, -0.25) is 9.59 Å². The first-order valence-corrected chi connectivity index (χ1v) is 10.9. The molecule has 2 aliphatic heterocycles. The minimum absolute atomic E-state index is 0.0430. The highest BCUT2D eigenvalue weighted by Crippen LogP contribution is 2.37. The Hall–Kier alpha value is -3.89. The molecule has 2 amide bonds. The summed E-state index contributed by atoms with van der Waals surface area (Å²) in [6.45, 7) is 2.50. The van der Waals surface area contributed by atoms with Gasteiger partial charge in [-0.1, -0.05) is 12.1 Å². The van der Waals surface area contributed by atoms with Crippen LogP contribution in [0.3, 0.4) is 0 Å². The fraction of sp³-hybridized carbons (Fsp3) is 0.333. The first kappa shape index (κ1) is 22.9. The van der Waals surface area contributed by atoms with Crippen LogP contribution in [0, 0.1) is 6.92 Å². The molecule has 1 fully saturated rings. The van der Waals surface area contributed by atoms with E-state index in [1.807, 2.05) is 25.1 Å². The van der Waals surface area contributed by atoms with Gasteiger partial charge in [0.25, 0.3) is 11.8 Å². The van der Waals surface area contributed by atoms with E-state index < -0.39 is 23.7 Å². The molecule has 11 heteroatoms. The number of hydrogen-bond donors (Lipinski definition) is 2. The van der Waals surface area contributed by atoms with E-state index in [0.717, 1.165) is 28.6 Å². The van der Waals surface area contributed by atoms with Gasteiger partial charge in [0.1, 0.15) is 22.9 Å². The molecule has 2 aromatic carbocycles. The maximum Gasteiger partial charge on any atom is 0.573 e. The van der Waals surface area contributed by atoms with Gasteiger partial charge in [-0.25, -0.2) is 0 Å². The molecule has 1 spiro atoms. The summed E-state index contributed by atoms with van der Waals surface area (Å²) in [7, 11) is 1.57. The standard InChI is InChI=1S/C24H22F3N3O5/c1-13-15-4-3-5-18(33-2)20(15)28-19(13)22(32)30-10-8-23(9-11-30)29-21(31)16-12-14(34-24(25,26)27)6-7-17(16)35-23/h3-7,12,28H,8-11H2,1-2H3,(H,29,31). The Kier molecular flexibility index (Phi) is 5.30. The number of ether oxygens (including phenoxy) is 3. The quantitative estimate of drug-likeness (QED) is 0.577. The Morgan fingerprint density at radius 1 is 1.17 bits per heavy atom. The number of fused-ring (bicyclic) bond motifs is 2. The second kappa shape index (κ2) is 8.10. The molecule has 0 saturated carbocycles. The maximum absolute atomic E-state index is 13.3. The number of hydrogen-bond acceptors (Lipinski definition) is 5. The molecule has 0 aliphatic carbocycles. The molecule has 0 radical (unpaired) electrons. The van der Waals surface area contributed by atoms with Crippen LogP contribution in [0.1, 0.15) is 39.3 Å². The summed E-state index contributed by atoms with van der Waals surface area (Å²) in [6, 6.07) is 8.98. The molecular weight excluding hydrogens is 467 g/mol. The van der Waals surface area contributed by atoms with Crippen LogP contribution in [-0.2, 0) is 0 Å². The number of aromatic amines is 1. The van der Waals surface area contributed by atoms with E-state index in [9.17, 15) is 22.8 Å². The molecule has 35 heavy (non-hydrogen) atoms. The molecule has 184 valence electrons. The van der Waals surface area contributed by atoms with Crippen molar-refractivity contribution < 1.29 is 37.0 Å². The smallest absolute Gasteiger partial charge is 0.495 e. The van der Waals surface area contributed by atoms with Crippen molar-refractivity contribution in [1.82, 2.24) is 15.2 Å². The molecule has 2 N–H and O–H groups in total. The van der Waals surface area contributed by atoms with Crippen LogP contribution in [0.2, 0.25) is 0 Å². The van der Waals surface area contributed by atoms with E-state index in [4.69, 9.17) is 9.47 Å². The van der Waals surface area contributed by atoms with Crippen molar-refractivity contribution in [3.63, 3.8) is 0 Å². The van der Waals surface area contributed by atoms with E-state index in [1.165, 1.54) is 6.07 Å². The van der Waals surface area contributed by atoms with E-state index in [2.05, 4.69) is 15.0 Å². The molecule has 5 rings (SSSR count). The number of benzene rings is 2. The molecule has 2 aliphatic rings. The number of carbonyl (C=O) groups excluding carboxylic acids is 2. The lowest BCUT2D eigenvalue weighted by Gasteiger charge is -2.44. The van der Waals surface area contributed by atoms with Gasteiger partial charge in [0.05, 0.1) is 18.2 Å². The fourth-order valence-corrected chi connectivity index (χ4v) is 4.65. The number of piperidine rings is 1. The van der Waals surface area contributed by atoms with Crippen molar-refractivity contribution >= 4 is 22.7 Å². The zero-order valence-electron chi connectivity index (χ0n) is 18.9. The number of amides is 2. The molecule has 3 aromatic rings. The third kappa shape index (κ3) is 4.11. The Morgan fingerprint density at radius 3 is 2.60 bits per heavy atom. The number of likely N-dealkylation sites (tertiary alicyclic amines) is 1. The zero-order chi connectivity index (χ0) is 25.0. The minimum atomic E-state index is -4.87. The molecule has 3 heterocycles. The second-order valence-electron chi connectivity index (χ2n) is 8.56. The van der Waals surface area contributed by atoms with Gasteiger partial charge < -0.3 is 29.4 Å². The average Bonchev–Trinajstić information content (AvgIpc) is 3.15. The fourth-order valence-electron chi connectivity index (χ4n) is 4.65. The number of para-hydroxylation sites is 1. The van der Waals surface area contributed by atoms with E-state index in [0.29, 0.717) is 37.4 Å². The number of aromatic nitrogens is 1. The average molecular weight is 489 g/mol. The first-order valence-electron chi connectivity index (χ1n) is 10.9. The van der Waals surface area contributed by atoms with Crippen LogP contribution in [0.4, 0.5) is 13.2 Å². The molecule has 0 atom stereocenters. The van der Waals surface area contributed by atoms with Gasteiger partial charge >= 0.3 is 6.36 Å². The Bertz CT molecular complexity index is 1330. The van der Waals surface area contributed by atoms with Crippen LogP contribution in [0.25, 0.3) is 10.9 Å². The van der Waals surface area contributed by atoms with Gasteiger partial charge in [-0.05, 0) is 36.8 Å². The SMILES string of the molecule is COc1cccc2c(C)c(C(=O)N3CCC4(CC3)NC(=O)c3cc(OC(F)(F)F)ccc3O4)[nH]c12. The number of halogens is 3. The van der Waals surface area contributed by atoms with Crippen LogP contribution >= 0.6 is 0 Å². The molecule has 1 saturated heterocycles. The number of aryl methyl sites for hydroxylation is 1. The van der Waals surface area contributed by atoms with Crippen molar-refractivity contribution in [3.8, 4) is 17.2 Å². The highest BCUT2D eigenvalue weighted by molar-refractivity contribution is 6.02. The number of nitrogens with one attached hydrogen (secondary N) is 2. The summed E-state index contributed by atoms with van der Waals surface area (Å²) >= 11 is 0. The Labute approximate surface area is 197 Å². The number of methoxy groups -OCH3 is 1. The summed E-state index contributed by atoms with van der Waals surface area (Å²) in [6.07, 6.45) is -4.24. The van der Waals surface area contributed by atoms with Crippen molar-refractivity contribution in [2.45, 2.75) is 31.9 Å². The van der Waals surface area contributed by atoms with E-state index in [1.54, 1.807) is 12.0 Å². The Morgan fingerprint density at radius 2 is 1.91 bits per heavy atom. The Balaban J connectivity index is 1.32. The van der Waals surface area contributed by atoms with E-state index in [-0.39, 0.29) is 17.2 Å². The molecule has 1 aromatic heterocycles. The minimum Gasteiger partial charge on any atom is -0.495 e. The van der Waals surface area contributed by atoms with Crippen LogP contribution in [-0.4, -0.2) is 54.0 Å². The zero-order valence-corrected chi connectivity index (χ0v) is 18.9. The molecule has 0 unspecified atom stereocenters. The molecule has 0 bridgehead atoms. The lowest BCUT2D eigenvalue weighted by atomic mass is 9.96. The summed E-state index contributed by atoms with van der Waals surface area (Å²) in [5.74, 6) is -0.425. The van der Waals surface area contributed by atoms with Crippen LogP contribution in [0.15, 0.2) is 36.4 Å². The lowest BCUT2D eigenvalue weighted by molar-refractivity contribution is -0.274. The van der Waals surface area contributed by atoms with Crippen molar-refractivity contribution in [1.29, 1.82) is 0 Å². The van der Waals surface area contributed by atoms with Crippen molar-refractivity contribution in [3.05, 3.63) is 53.2 Å². The number of alkyl halides is 3. The van der Waals surface area contributed by atoms with Crippen LogP contribution in [0.5, 0.6) is 17.2 Å². The third-order valence-electron chi connectivity index (χ3n) is 6.42. The van der Waals surface area contributed by atoms with E-state index >= 15 is 0 Å². The predicted molar refractivity (Wildman–Crippen MR) is 119 cm³/mol. The van der Waals surface area contributed by atoms with Crippen LogP contribution < -0.4 is 19.5 Å². The van der Waals surface area contributed by atoms with Gasteiger partial charge in [0.2, 0.25) is 0 Å². The highest BCUT2D eigenvalue weighted by atomic mass is 19.4. The number of carbonyl (C=O) groups is 2.